The first-order chi connectivity index (χ1) is 11.0. The summed E-state index contributed by atoms with van der Waals surface area (Å²) in [7, 11) is 1.64. The number of carbonyl (C=O) groups excluding carboxylic acids is 1. The highest BCUT2D eigenvalue weighted by molar-refractivity contribution is 6.33. The minimum atomic E-state index is -1.20. The molecule has 0 bridgehead atoms. The van der Waals surface area contributed by atoms with Crippen LogP contribution in [0.3, 0.4) is 0 Å². The van der Waals surface area contributed by atoms with Crippen molar-refractivity contribution in [2.75, 3.05) is 11.9 Å². The molecule has 1 atom stereocenters. The summed E-state index contributed by atoms with van der Waals surface area (Å²) in [6.45, 7) is 0. The molecule has 1 aromatic carbocycles. The van der Waals surface area contributed by atoms with E-state index in [2.05, 4.69) is 10.3 Å². The van der Waals surface area contributed by atoms with Gasteiger partial charge in [-0.3, -0.25) is 9.78 Å². The summed E-state index contributed by atoms with van der Waals surface area (Å²) in [5, 5.41) is 23.7. The fourth-order valence-corrected chi connectivity index (χ4v) is 2.70. The molecule has 3 N–H and O–H groups in total. The Labute approximate surface area is 137 Å². The lowest BCUT2D eigenvalue weighted by Gasteiger charge is -2.34. The second-order valence-corrected chi connectivity index (χ2v) is 5.48. The maximum Gasteiger partial charge on any atom is 0.255 e. The molecular formula is C16H14ClN3O3. The number of nitrogens with zero attached hydrogens (tertiary/aromatic N) is 2. The fourth-order valence-electron chi connectivity index (χ4n) is 2.44. The second kappa shape index (κ2) is 5.91. The Morgan fingerprint density at radius 2 is 2.00 bits per heavy atom. The van der Waals surface area contributed by atoms with Crippen LogP contribution in [-0.2, 0) is 0 Å². The van der Waals surface area contributed by atoms with E-state index in [1.54, 1.807) is 25.2 Å². The van der Waals surface area contributed by atoms with Crippen molar-refractivity contribution in [3.05, 3.63) is 64.6 Å². The third-order valence-corrected chi connectivity index (χ3v) is 3.99. The van der Waals surface area contributed by atoms with E-state index in [0.29, 0.717) is 21.8 Å². The van der Waals surface area contributed by atoms with Gasteiger partial charge in [0, 0.05) is 25.0 Å². The van der Waals surface area contributed by atoms with Gasteiger partial charge in [-0.1, -0.05) is 17.7 Å². The van der Waals surface area contributed by atoms with Crippen molar-refractivity contribution >= 4 is 29.0 Å². The molecule has 6 nitrogen and oxygen atoms in total. The van der Waals surface area contributed by atoms with Crippen molar-refractivity contribution in [3.63, 3.8) is 0 Å². The summed E-state index contributed by atoms with van der Waals surface area (Å²) in [6, 6.07) is 8.14. The predicted molar refractivity (Wildman–Crippen MR) is 87.1 cm³/mol. The van der Waals surface area contributed by atoms with Gasteiger partial charge in [-0.05, 0) is 24.3 Å². The second-order valence-electron chi connectivity index (χ2n) is 5.07. The molecule has 0 spiro atoms. The average Bonchev–Trinajstić information content (AvgIpc) is 2.57. The van der Waals surface area contributed by atoms with Crippen LogP contribution in [0.15, 0.2) is 48.4 Å². The monoisotopic (exact) mass is 331 g/mol. The van der Waals surface area contributed by atoms with E-state index in [9.17, 15) is 15.0 Å². The van der Waals surface area contributed by atoms with E-state index in [1.807, 2.05) is 0 Å². The van der Waals surface area contributed by atoms with Crippen LogP contribution in [0.1, 0.15) is 15.9 Å². The number of nitrogens with one attached hydrogen (secondary N) is 1. The summed E-state index contributed by atoms with van der Waals surface area (Å²) in [5.41, 5.74) is 1.28. The largest absolute Gasteiger partial charge is 0.505 e. The fraction of sp³-hybridized carbons (Fsp3) is 0.125. The minimum Gasteiger partial charge on any atom is -0.505 e. The van der Waals surface area contributed by atoms with Crippen molar-refractivity contribution in [3.8, 4) is 0 Å². The molecule has 1 aromatic heterocycles. The molecule has 0 saturated carbocycles. The summed E-state index contributed by atoms with van der Waals surface area (Å²) >= 11 is 6.15. The van der Waals surface area contributed by atoms with Crippen molar-refractivity contribution in [1.82, 2.24) is 10.3 Å². The molecule has 2 heterocycles. The number of anilines is 1. The number of benzene rings is 1. The van der Waals surface area contributed by atoms with Crippen LogP contribution in [0, 0.1) is 0 Å². The number of rotatable bonds is 2. The summed E-state index contributed by atoms with van der Waals surface area (Å²) in [5.74, 6) is -0.712. The van der Waals surface area contributed by atoms with Crippen molar-refractivity contribution < 1.29 is 15.0 Å². The number of pyridine rings is 1. The Balaban J connectivity index is 2.02. The highest BCUT2D eigenvalue weighted by Crippen LogP contribution is 2.38. The molecule has 3 rings (SSSR count). The first-order valence-electron chi connectivity index (χ1n) is 6.85. The summed E-state index contributed by atoms with van der Waals surface area (Å²) in [4.78, 5) is 17.6. The molecule has 1 aliphatic heterocycles. The Morgan fingerprint density at radius 3 is 2.70 bits per heavy atom. The maximum absolute atomic E-state index is 12.3. The molecule has 1 unspecified atom stereocenters. The number of carbonyl (C=O) groups is 1. The van der Waals surface area contributed by atoms with Crippen molar-refractivity contribution in [1.29, 1.82) is 0 Å². The van der Waals surface area contributed by atoms with Crippen LogP contribution in [0.25, 0.3) is 5.76 Å². The number of amides is 1. The van der Waals surface area contributed by atoms with Gasteiger partial charge in [-0.2, -0.15) is 0 Å². The van der Waals surface area contributed by atoms with Crippen LogP contribution >= 0.6 is 11.6 Å². The molecule has 0 radical (unpaired) electrons. The lowest BCUT2D eigenvalue weighted by Crippen LogP contribution is -2.43. The Hall–Kier alpha value is -2.57. The molecule has 2 aromatic rings. The summed E-state index contributed by atoms with van der Waals surface area (Å²) < 4.78 is 0. The minimum absolute atomic E-state index is 0.0186. The number of hydrogen-bond acceptors (Lipinski definition) is 5. The molecule has 0 saturated heterocycles. The van der Waals surface area contributed by atoms with Gasteiger partial charge in [0.1, 0.15) is 11.5 Å². The molecule has 0 fully saturated rings. The van der Waals surface area contributed by atoms with Crippen molar-refractivity contribution in [2.24, 2.45) is 0 Å². The molecule has 7 heteroatoms. The van der Waals surface area contributed by atoms with E-state index >= 15 is 0 Å². The number of aliphatic hydroxyl groups excluding tert-OH is 2. The van der Waals surface area contributed by atoms with Gasteiger partial charge in [0.05, 0.1) is 16.3 Å². The van der Waals surface area contributed by atoms with E-state index in [-0.39, 0.29) is 11.5 Å². The van der Waals surface area contributed by atoms with Crippen LogP contribution < -0.4 is 10.2 Å². The highest BCUT2D eigenvalue weighted by atomic mass is 35.5. The maximum atomic E-state index is 12.3. The van der Waals surface area contributed by atoms with Crippen LogP contribution in [0.5, 0.6) is 0 Å². The van der Waals surface area contributed by atoms with Gasteiger partial charge >= 0.3 is 0 Å². The summed E-state index contributed by atoms with van der Waals surface area (Å²) in [6.07, 6.45) is 1.77. The van der Waals surface area contributed by atoms with Crippen LogP contribution in [0.4, 0.5) is 5.69 Å². The van der Waals surface area contributed by atoms with Gasteiger partial charge in [0.2, 0.25) is 0 Å². The zero-order valence-corrected chi connectivity index (χ0v) is 12.9. The standard InChI is InChI=1S/C16H14ClN3O3/c1-20-11-4-2-3-10(17)12(11)14(21)13(16(20)23)19-15(22)9-5-7-18-8-6-9/h2-8,16,21,23H,1H3,(H,19,22). The number of aliphatic hydroxyl groups is 2. The number of likely N-dealkylation sites (N-methyl/N-ethyl adjacent to an activating group) is 1. The zero-order chi connectivity index (χ0) is 16.6. The van der Waals surface area contributed by atoms with Crippen LogP contribution in [0.2, 0.25) is 5.02 Å². The van der Waals surface area contributed by atoms with E-state index in [0.717, 1.165) is 0 Å². The number of fused-ring (bicyclic) bond motifs is 1. The molecular weight excluding hydrogens is 318 g/mol. The van der Waals surface area contributed by atoms with Gasteiger partial charge in [0.25, 0.3) is 5.91 Å². The molecule has 118 valence electrons. The molecule has 0 aliphatic carbocycles. The Kier molecular flexibility index (Phi) is 3.94. The molecule has 1 amide bonds. The zero-order valence-electron chi connectivity index (χ0n) is 12.2. The lowest BCUT2D eigenvalue weighted by atomic mass is 10.0. The van der Waals surface area contributed by atoms with E-state index < -0.39 is 12.1 Å². The van der Waals surface area contributed by atoms with Gasteiger partial charge in [0.15, 0.2) is 6.23 Å². The molecule has 1 aliphatic rings. The topological polar surface area (TPSA) is 85.7 Å². The third-order valence-electron chi connectivity index (χ3n) is 3.68. The Morgan fingerprint density at radius 1 is 1.30 bits per heavy atom. The quantitative estimate of drug-likeness (QED) is 0.785. The predicted octanol–water partition coefficient (Wildman–Crippen LogP) is 2.16. The number of halogens is 1. The smallest absolute Gasteiger partial charge is 0.255 e. The van der Waals surface area contributed by atoms with Gasteiger partial charge in [-0.15, -0.1) is 0 Å². The number of aromatic nitrogens is 1. The van der Waals surface area contributed by atoms with Crippen LogP contribution in [-0.4, -0.2) is 34.4 Å². The third kappa shape index (κ3) is 2.62. The Bertz CT molecular complexity index is 792. The number of hydrogen-bond donors (Lipinski definition) is 3. The first kappa shape index (κ1) is 15.3. The lowest BCUT2D eigenvalue weighted by molar-refractivity contribution is 0.0945. The van der Waals surface area contributed by atoms with E-state index in [4.69, 9.17) is 11.6 Å². The molecule has 23 heavy (non-hydrogen) atoms. The van der Waals surface area contributed by atoms with E-state index in [1.165, 1.54) is 29.4 Å². The van der Waals surface area contributed by atoms with Gasteiger partial charge < -0.3 is 20.4 Å². The normalized spacial score (nSPS) is 17.0. The highest BCUT2D eigenvalue weighted by Gasteiger charge is 2.32. The van der Waals surface area contributed by atoms with Gasteiger partial charge in [-0.25, -0.2) is 0 Å². The van der Waals surface area contributed by atoms with Crippen molar-refractivity contribution in [2.45, 2.75) is 6.23 Å². The first-order valence-corrected chi connectivity index (χ1v) is 7.23. The average molecular weight is 332 g/mol. The SMILES string of the molecule is CN1c2cccc(Cl)c2C(O)=C(NC(=O)c2ccncc2)C1O.